The molecule has 2 rings (SSSR count). The van der Waals surface area contributed by atoms with Crippen molar-refractivity contribution in [3.05, 3.63) is 79.4 Å². The highest BCUT2D eigenvalue weighted by molar-refractivity contribution is 5.96. The minimum absolute atomic E-state index is 0.0259. The van der Waals surface area contributed by atoms with Gasteiger partial charge in [-0.1, -0.05) is 18.2 Å². The third-order valence-electron chi connectivity index (χ3n) is 3.50. The molecule has 0 saturated heterocycles. The number of nitrogens with one attached hydrogen (secondary N) is 2. The van der Waals surface area contributed by atoms with Crippen LogP contribution in [0.3, 0.4) is 0 Å². The molecule has 0 unspecified atom stereocenters. The molecule has 10 heteroatoms. The summed E-state index contributed by atoms with van der Waals surface area (Å²) in [4.78, 5) is 44.1. The Labute approximate surface area is 147 Å². The van der Waals surface area contributed by atoms with Gasteiger partial charge in [-0.25, -0.2) is 0 Å². The van der Waals surface area contributed by atoms with Gasteiger partial charge in [-0.05, 0) is 18.6 Å². The van der Waals surface area contributed by atoms with E-state index in [1.54, 1.807) is 6.92 Å². The lowest BCUT2D eigenvalue weighted by atomic mass is 10.1. The van der Waals surface area contributed by atoms with Gasteiger partial charge in [0.25, 0.3) is 17.3 Å². The van der Waals surface area contributed by atoms with Gasteiger partial charge in [-0.15, -0.1) is 0 Å². The van der Waals surface area contributed by atoms with E-state index < -0.39 is 21.7 Å². The quantitative estimate of drug-likeness (QED) is 0.616. The van der Waals surface area contributed by atoms with Crippen LogP contribution in [0.15, 0.2) is 42.5 Å². The molecule has 26 heavy (non-hydrogen) atoms. The van der Waals surface area contributed by atoms with E-state index in [-0.39, 0.29) is 23.4 Å². The first kappa shape index (κ1) is 18.5. The summed E-state index contributed by atoms with van der Waals surface area (Å²) in [6.07, 6.45) is -0.105. The Bertz CT molecular complexity index is 879. The fourth-order valence-electron chi connectivity index (χ4n) is 2.11. The Morgan fingerprint density at radius 3 is 2.19 bits per heavy atom. The number of rotatable bonds is 5. The Balaban J connectivity index is 1.94. The SMILES string of the molecule is Cc1ccc(C(=O)NNC(=O)Cc2ccc([N+](=O)[O-])cc2)cc1[N+](=O)[O-]. The van der Waals surface area contributed by atoms with Crippen molar-refractivity contribution in [3.8, 4) is 0 Å². The first-order chi connectivity index (χ1) is 12.3. The van der Waals surface area contributed by atoms with E-state index in [9.17, 15) is 29.8 Å². The molecule has 2 aromatic rings. The van der Waals surface area contributed by atoms with Gasteiger partial charge in [0.05, 0.1) is 16.3 Å². The van der Waals surface area contributed by atoms with Gasteiger partial charge in [0, 0.05) is 29.3 Å². The molecule has 0 fully saturated rings. The molecule has 0 aliphatic rings. The number of carbonyl (C=O) groups excluding carboxylic acids is 2. The number of nitro groups is 2. The number of nitrogens with zero attached hydrogens (tertiary/aromatic N) is 2. The van der Waals surface area contributed by atoms with Crippen molar-refractivity contribution >= 4 is 23.2 Å². The van der Waals surface area contributed by atoms with E-state index in [2.05, 4.69) is 10.9 Å². The summed E-state index contributed by atoms with van der Waals surface area (Å²) in [5.41, 5.74) is 5.02. The third kappa shape index (κ3) is 4.60. The Kier molecular flexibility index (Phi) is 5.58. The number of hydrogen-bond acceptors (Lipinski definition) is 6. The topological polar surface area (TPSA) is 144 Å². The molecule has 10 nitrogen and oxygen atoms in total. The second-order valence-corrected chi connectivity index (χ2v) is 5.36. The molecule has 0 heterocycles. The maximum atomic E-state index is 12.0. The molecule has 0 spiro atoms. The highest BCUT2D eigenvalue weighted by atomic mass is 16.6. The molecule has 0 bridgehead atoms. The van der Waals surface area contributed by atoms with Gasteiger partial charge in [-0.2, -0.15) is 0 Å². The van der Waals surface area contributed by atoms with Crippen molar-refractivity contribution < 1.29 is 19.4 Å². The van der Waals surface area contributed by atoms with E-state index in [0.29, 0.717) is 11.1 Å². The van der Waals surface area contributed by atoms with E-state index in [1.165, 1.54) is 36.4 Å². The van der Waals surface area contributed by atoms with Gasteiger partial charge in [0.1, 0.15) is 0 Å². The molecule has 0 aliphatic carbocycles. The first-order valence-corrected chi connectivity index (χ1v) is 7.35. The lowest BCUT2D eigenvalue weighted by Gasteiger charge is -2.08. The van der Waals surface area contributed by atoms with Crippen LogP contribution in [0.5, 0.6) is 0 Å². The van der Waals surface area contributed by atoms with Crippen LogP contribution < -0.4 is 10.9 Å². The second kappa shape index (κ2) is 7.83. The number of hydrazine groups is 1. The normalized spacial score (nSPS) is 10.0. The minimum atomic E-state index is -0.704. The minimum Gasteiger partial charge on any atom is -0.273 e. The molecule has 0 radical (unpaired) electrons. The number of benzene rings is 2. The van der Waals surface area contributed by atoms with Gasteiger partial charge < -0.3 is 0 Å². The standard InChI is InChI=1S/C16H14N4O6/c1-10-2-5-12(9-14(10)20(25)26)16(22)18-17-15(21)8-11-3-6-13(7-4-11)19(23)24/h2-7,9H,8H2,1H3,(H,17,21)(H,18,22). The third-order valence-corrected chi connectivity index (χ3v) is 3.50. The Morgan fingerprint density at radius 1 is 0.962 bits per heavy atom. The van der Waals surface area contributed by atoms with Gasteiger partial charge >= 0.3 is 0 Å². The highest BCUT2D eigenvalue weighted by Crippen LogP contribution is 2.19. The van der Waals surface area contributed by atoms with Crippen LogP contribution in [-0.4, -0.2) is 21.7 Å². The molecule has 0 aromatic heterocycles. The second-order valence-electron chi connectivity index (χ2n) is 5.36. The first-order valence-electron chi connectivity index (χ1n) is 7.35. The Hall–Kier alpha value is -3.82. The average molecular weight is 358 g/mol. The van der Waals surface area contributed by atoms with Gasteiger partial charge in [0.15, 0.2) is 0 Å². The zero-order valence-electron chi connectivity index (χ0n) is 13.6. The maximum Gasteiger partial charge on any atom is 0.273 e. The predicted octanol–water partition coefficient (Wildman–Crippen LogP) is 1.82. The Morgan fingerprint density at radius 2 is 1.62 bits per heavy atom. The fourth-order valence-corrected chi connectivity index (χ4v) is 2.11. The summed E-state index contributed by atoms with van der Waals surface area (Å²) >= 11 is 0. The number of nitro benzene ring substituents is 2. The van der Waals surface area contributed by atoms with Crippen LogP contribution in [0.25, 0.3) is 0 Å². The summed E-state index contributed by atoms with van der Waals surface area (Å²) in [7, 11) is 0. The van der Waals surface area contributed by atoms with Gasteiger partial charge in [0.2, 0.25) is 5.91 Å². The molecule has 2 aromatic carbocycles. The molecular weight excluding hydrogens is 344 g/mol. The molecule has 0 aliphatic heterocycles. The zero-order chi connectivity index (χ0) is 19.3. The summed E-state index contributed by atoms with van der Waals surface area (Å²) in [5, 5.41) is 21.5. The van der Waals surface area contributed by atoms with Crippen LogP contribution >= 0.6 is 0 Å². The molecule has 2 amide bonds. The number of carbonyl (C=O) groups is 2. The summed E-state index contributed by atoms with van der Waals surface area (Å²) in [6.45, 7) is 1.55. The van der Waals surface area contributed by atoms with Crippen molar-refractivity contribution in [2.24, 2.45) is 0 Å². The zero-order valence-corrected chi connectivity index (χ0v) is 13.6. The lowest BCUT2D eigenvalue weighted by molar-refractivity contribution is -0.385. The van der Waals surface area contributed by atoms with Crippen LogP contribution in [0.1, 0.15) is 21.5 Å². The summed E-state index contributed by atoms with van der Waals surface area (Å²) < 4.78 is 0. The summed E-state index contributed by atoms with van der Waals surface area (Å²) in [5.74, 6) is -1.25. The number of hydrogen-bond donors (Lipinski definition) is 2. The lowest BCUT2D eigenvalue weighted by Crippen LogP contribution is -2.42. The van der Waals surface area contributed by atoms with E-state index >= 15 is 0 Å². The predicted molar refractivity (Wildman–Crippen MR) is 90.2 cm³/mol. The smallest absolute Gasteiger partial charge is 0.273 e. The van der Waals surface area contributed by atoms with Crippen molar-refractivity contribution in [3.63, 3.8) is 0 Å². The van der Waals surface area contributed by atoms with E-state index in [0.717, 1.165) is 6.07 Å². The number of non-ortho nitro benzene ring substituents is 1. The number of aryl methyl sites for hydroxylation is 1. The molecule has 134 valence electrons. The van der Waals surface area contributed by atoms with Crippen LogP contribution in [0, 0.1) is 27.2 Å². The van der Waals surface area contributed by atoms with Crippen molar-refractivity contribution in [1.29, 1.82) is 0 Å². The van der Waals surface area contributed by atoms with Crippen LogP contribution in [0.4, 0.5) is 11.4 Å². The summed E-state index contributed by atoms with van der Waals surface area (Å²) in [6, 6.07) is 9.37. The van der Waals surface area contributed by atoms with Crippen molar-refractivity contribution in [2.75, 3.05) is 0 Å². The molecular formula is C16H14N4O6. The van der Waals surface area contributed by atoms with Crippen LogP contribution in [-0.2, 0) is 11.2 Å². The van der Waals surface area contributed by atoms with Crippen LogP contribution in [0.2, 0.25) is 0 Å². The fraction of sp³-hybridized carbons (Fsp3) is 0.125. The largest absolute Gasteiger partial charge is 0.273 e. The van der Waals surface area contributed by atoms with Crippen molar-refractivity contribution in [2.45, 2.75) is 13.3 Å². The van der Waals surface area contributed by atoms with E-state index in [1.807, 2.05) is 0 Å². The van der Waals surface area contributed by atoms with Gasteiger partial charge in [-0.3, -0.25) is 40.7 Å². The maximum absolute atomic E-state index is 12.0. The van der Waals surface area contributed by atoms with Crippen molar-refractivity contribution in [1.82, 2.24) is 10.9 Å². The average Bonchev–Trinajstić information content (AvgIpc) is 2.60. The highest BCUT2D eigenvalue weighted by Gasteiger charge is 2.15. The molecule has 2 N–H and O–H groups in total. The van der Waals surface area contributed by atoms with E-state index in [4.69, 9.17) is 0 Å². The molecule has 0 atom stereocenters. The number of amides is 2. The molecule has 0 saturated carbocycles. The monoisotopic (exact) mass is 358 g/mol.